The summed E-state index contributed by atoms with van der Waals surface area (Å²) in [6.45, 7) is 3.24. The minimum absolute atomic E-state index is 0.207. The molecular weight excluding hydrogens is 404 g/mol. The van der Waals surface area contributed by atoms with Crippen LogP contribution in [0.1, 0.15) is 36.0 Å². The number of benzene rings is 2. The zero-order valence-corrected chi connectivity index (χ0v) is 17.7. The van der Waals surface area contributed by atoms with Gasteiger partial charge in [0.15, 0.2) is 0 Å². The molecule has 0 spiro atoms. The van der Waals surface area contributed by atoms with E-state index in [9.17, 15) is 13.9 Å². The molecule has 1 fully saturated rings. The molecule has 2 aliphatic heterocycles. The molecule has 2 aliphatic rings. The summed E-state index contributed by atoms with van der Waals surface area (Å²) in [7, 11) is 0. The molecule has 0 radical (unpaired) electrons. The first kappa shape index (κ1) is 21.1. The highest BCUT2D eigenvalue weighted by molar-refractivity contribution is 8.06. The molecule has 0 saturated carbocycles. The van der Waals surface area contributed by atoms with Crippen LogP contribution in [-0.4, -0.2) is 29.2 Å². The molecule has 6 heteroatoms. The lowest BCUT2D eigenvalue weighted by molar-refractivity contribution is -0.0406. The Balaban J connectivity index is 1.51. The molecule has 1 N–H and O–H groups in total. The molecule has 1 saturated heterocycles. The van der Waals surface area contributed by atoms with Crippen molar-refractivity contribution in [3.8, 4) is 0 Å². The highest BCUT2D eigenvalue weighted by atomic mass is 32.2. The van der Waals surface area contributed by atoms with E-state index in [1.54, 1.807) is 0 Å². The molecule has 0 bridgehead atoms. The Hall–Kier alpha value is -2.15. The van der Waals surface area contributed by atoms with E-state index in [-0.39, 0.29) is 18.7 Å². The molecule has 2 heterocycles. The number of allylic oxidation sites excluding steroid dienone is 3. The van der Waals surface area contributed by atoms with Crippen LogP contribution >= 0.6 is 11.9 Å². The van der Waals surface area contributed by atoms with Crippen molar-refractivity contribution in [2.24, 2.45) is 5.92 Å². The SMILES string of the molecule is CC1=CC=C(c2ccccc2)SN1Cc1cc(F)c(C(CO)CC2COC2)cc1F. The normalized spacial score (nSPS) is 17.9. The lowest BCUT2D eigenvalue weighted by Crippen LogP contribution is -2.30. The predicted octanol–water partition coefficient (Wildman–Crippen LogP) is 5.49. The second kappa shape index (κ2) is 9.33. The molecule has 158 valence electrons. The number of hydrogen-bond acceptors (Lipinski definition) is 4. The maximum absolute atomic E-state index is 14.9. The summed E-state index contributed by atoms with van der Waals surface area (Å²) < 4.78 is 36.9. The molecule has 1 unspecified atom stereocenters. The summed E-state index contributed by atoms with van der Waals surface area (Å²) >= 11 is 1.52. The minimum Gasteiger partial charge on any atom is -0.396 e. The van der Waals surface area contributed by atoms with Crippen LogP contribution in [0, 0.1) is 17.6 Å². The number of rotatable bonds is 7. The van der Waals surface area contributed by atoms with Gasteiger partial charge in [0.1, 0.15) is 11.6 Å². The van der Waals surface area contributed by atoms with Gasteiger partial charge in [0.05, 0.1) is 26.4 Å². The third-order valence-electron chi connectivity index (χ3n) is 5.60. The van der Waals surface area contributed by atoms with Gasteiger partial charge in [-0.1, -0.05) is 30.3 Å². The number of aliphatic hydroxyl groups is 1. The summed E-state index contributed by atoms with van der Waals surface area (Å²) in [5.74, 6) is -1.03. The van der Waals surface area contributed by atoms with Gasteiger partial charge in [-0.2, -0.15) is 0 Å². The smallest absolute Gasteiger partial charge is 0.128 e. The zero-order valence-electron chi connectivity index (χ0n) is 16.9. The highest BCUT2D eigenvalue weighted by Gasteiger charge is 2.27. The van der Waals surface area contributed by atoms with Crippen LogP contribution in [0.25, 0.3) is 4.91 Å². The maximum atomic E-state index is 14.9. The van der Waals surface area contributed by atoms with Crippen molar-refractivity contribution >= 4 is 16.9 Å². The van der Waals surface area contributed by atoms with Crippen molar-refractivity contribution in [1.82, 2.24) is 4.31 Å². The first-order chi connectivity index (χ1) is 14.5. The van der Waals surface area contributed by atoms with Gasteiger partial charge < -0.3 is 14.1 Å². The minimum atomic E-state index is -0.465. The quantitative estimate of drug-likeness (QED) is 0.591. The Morgan fingerprint density at radius 2 is 1.90 bits per heavy atom. The van der Waals surface area contributed by atoms with E-state index in [1.807, 2.05) is 53.7 Å². The van der Waals surface area contributed by atoms with Crippen molar-refractivity contribution < 1.29 is 18.6 Å². The Bertz CT molecular complexity index is 957. The second-order valence-corrected chi connectivity index (χ2v) is 8.88. The predicted molar refractivity (Wildman–Crippen MR) is 116 cm³/mol. The van der Waals surface area contributed by atoms with Crippen molar-refractivity contribution in [1.29, 1.82) is 0 Å². The second-order valence-electron chi connectivity index (χ2n) is 7.82. The topological polar surface area (TPSA) is 32.7 Å². The van der Waals surface area contributed by atoms with Gasteiger partial charge in [0.2, 0.25) is 0 Å². The maximum Gasteiger partial charge on any atom is 0.128 e. The monoisotopic (exact) mass is 429 g/mol. The fraction of sp³-hybridized carbons (Fsp3) is 0.333. The molecule has 0 aliphatic carbocycles. The number of halogens is 2. The van der Waals surface area contributed by atoms with Crippen molar-refractivity contribution in [2.75, 3.05) is 19.8 Å². The Morgan fingerprint density at radius 3 is 2.57 bits per heavy atom. The molecule has 1 atom stereocenters. The Labute approximate surface area is 180 Å². The van der Waals surface area contributed by atoms with E-state index in [0.717, 1.165) is 16.2 Å². The molecule has 2 aromatic carbocycles. The fourth-order valence-corrected chi connectivity index (χ4v) is 4.74. The van der Waals surface area contributed by atoms with Crippen LogP contribution in [0.2, 0.25) is 0 Å². The van der Waals surface area contributed by atoms with Gasteiger partial charge >= 0.3 is 0 Å². The molecule has 0 aromatic heterocycles. The van der Waals surface area contributed by atoms with Crippen LogP contribution in [0.5, 0.6) is 0 Å². The summed E-state index contributed by atoms with van der Waals surface area (Å²) in [6.07, 6.45) is 4.63. The lowest BCUT2D eigenvalue weighted by Gasteiger charge is -2.30. The van der Waals surface area contributed by atoms with Crippen molar-refractivity contribution in [3.05, 3.63) is 88.6 Å². The molecule has 2 aromatic rings. The molecular formula is C24H25F2NO2S. The number of ether oxygens (including phenoxy) is 1. The lowest BCUT2D eigenvalue weighted by atomic mass is 9.87. The molecule has 4 rings (SSSR count). The Kier molecular flexibility index (Phi) is 6.56. The fourth-order valence-electron chi connectivity index (χ4n) is 3.72. The van der Waals surface area contributed by atoms with Gasteiger partial charge in [-0.05, 0) is 60.7 Å². The molecule has 3 nitrogen and oxygen atoms in total. The summed E-state index contributed by atoms with van der Waals surface area (Å²) in [6, 6.07) is 12.5. The average molecular weight is 430 g/mol. The van der Waals surface area contributed by atoms with E-state index in [4.69, 9.17) is 4.74 Å². The van der Waals surface area contributed by atoms with Crippen LogP contribution in [0.4, 0.5) is 8.78 Å². The van der Waals surface area contributed by atoms with Gasteiger partial charge in [-0.15, -0.1) is 0 Å². The summed E-state index contributed by atoms with van der Waals surface area (Å²) in [5.41, 5.74) is 2.61. The van der Waals surface area contributed by atoms with E-state index in [0.29, 0.717) is 31.1 Å². The molecule has 30 heavy (non-hydrogen) atoms. The van der Waals surface area contributed by atoms with Crippen LogP contribution in [-0.2, 0) is 11.3 Å². The van der Waals surface area contributed by atoms with Crippen LogP contribution in [0.15, 0.2) is 60.3 Å². The van der Waals surface area contributed by atoms with Gasteiger partial charge in [-0.25, -0.2) is 8.78 Å². The average Bonchev–Trinajstić information content (AvgIpc) is 2.72. The number of aliphatic hydroxyl groups excluding tert-OH is 1. The van der Waals surface area contributed by atoms with Crippen molar-refractivity contribution in [3.63, 3.8) is 0 Å². The number of hydrogen-bond donors (Lipinski definition) is 1. The Morgan fingerprint density at radius 1 is 1.13 bits per heavy atom. The number of nitrogens with zero attached hydrogens (tertiary/aromatic N) is 1. The van der Waals surface area contributed by atoms with Crippen LogP contribution < -0.4 is 0 Å². The van der Waals surface area contributed by atoms with Crippen molar-refractivity contribution in [2.45, 2.75) is 25.8 Å². The third-order valence-corrected chi connectivity index (χ3v) is 6.81. The van der Waals surface area contributed by atoms with E-state index in [2.05, 4.69) is 0 Å². The third kappa shape index (κ3) is 4.61. The summed E-state index contributed by atoms with van der Waals surface area (Å²) in [5, 5.41) is 9.71. The first-order valence-electron chi connectivity index (χ1n) is 10.1. The molecule has 0 amide bonds. The van der Waals surface area contributed by atoms with E-state index in [1.165, 1.54) is 24.1 Å². The van der Waals surface area contributed by atoms with Gasteiger partial charge in [0, 0.05) is 28.0 Å². The highest BCUT2D eigenvalue weighted by Crippen LogP contribution is 2.38. The largest absolute Gasteiger partial charge is 0.396 e. The van der Waals surface area contributed by atoms with Gasteiger partial charge in [-0.3, -0.25) is 0 Å². The van der Waals surface area contributed by atoms with Crippen LogP contribution in [0.3, 0.4) is 0 Å². The van der Waals surface area contributed by atoms with E-state index < -0.39 is 17.6 Å². The van der Waals surface area contributed by atoms with E-state index >= 15 is 0 Å². The van der Waals surface area contributed by atoms with Gasteiger partial charge in [0.25, 0.3) is 0 Å². The standard InChI is InChI=1S/C24H25F2NO2S/c1-16-7-8-24(18-5-3-2-4-6-18)30-27(16)12-19-10-23(26)21(11-22(19)25)20(13-28)9-17-14-29-15-17/h2-8,10-11,17,20,28H,9,12-15H2,1H3. The first-order valence-corrected chi connectivity index (χ1v) is 10.9. The zero-order chi connectivity index (χ0) is 21.1. The summed E-state index contributed by atoms with van der Waals surface area (Å²) in [4.78, 5) is 1.06.